The van der Waals surface area contributed by atoms with E-state index in [9.17, 15) is 13.2 Å². The third-order valence-electron chi connectivity index (χ3n) is 5.30. The van der Waals surface area contributed by atoms with Crippen molar-refractivity contribution >= 4 is 28.3 Å². The summed E-state index contributed by atoms with van der Waals surface area (Å²) in [5, 5.41) is 6.06. The van der Waals surface area contributed by atoms with Gasteiger partial charge in [0.05, 0.1) is 4.90 Å². The Balaban J connectivity index is 0.00000243. The van der Waals surface area contributed by atoms with Gasteiger partial charge in [0, 0.05) is 44.2 Å². The van der Waals surface area contributed by atoms with Gasteiger partial charge in [0.1, 0.15) is 0 Å². The maximum absolute atomic E-state index is 12.8. The summed E-state index contributed by atoms with van der Waals surface area (Å²) < 4.78 is 27.1. The van der Waals surface area contributed by atoms with Crippen molar-refractivity contribution in [2.24, 2.45) is 5.92 Å². The molecule has 2 N–H and O–H groups in total. The number of hydrogen-bond donors (Lipinski definition) is 2. The molecule has 2 fully saturated rings. The molecule has 26 heavy (non-hydrogen) atoms. The van der Waals surface area contributed by atoms with Crippen molar-refractivity contribution in [2.45, 2.75) is 43.0 Å². The highest BCUT2D eigenvalue weighted by molar-refractivity contribution is 7.89. The monoisotopic (exact) mass is 401 g/mol. The molecule has 0 aromatic heterocycles. The lowest BCUT2D eigenvalue weighted by Gasteiger charge is -2.30. The highest BCUT2D eigenvalue weighted by Crippen LogP contribution is 2.26. The van der Waals surface area contributed by atoms with Gasteiger partial charge in [0.25, 0.3) is 5.91 Å². The fourth-order valence-corrected chi connectivity index (χ4v) is 4.83. The number of nitrogens with one attached hydrogen (secondary N) is 2. The molecular weight excluding hydrogens is 374 g/mol. The predicted molar refractivity (Wildman–Crippen MR) is 104 cm³/mol. The van der Waals surface area contributed by atoms with Crippen molar-refractivity contribution in [3.05, 3.63) is 29.8 Å². The van der Waals surface area contributed by atoms with E-state index >= 15 is 0 Å². The van der Waals surface area contributed by atoms with Crippen molar-refractivity contribution in [1.29, 1.82) is 0 Å². The molecule has 1 heterocycles. The van der Waals surface area contributed by atoms with Crippen molar-refractivity contribution < 1.29 is 13.2 Å². The second-order valence-electron chi connectivity index (χ2n) is 7.07. The number of halogens is 1. The molecular formula is C18H28ClN3O3S. The van der Waals surface area contributed by atoms with Gasteiger partial charge in [-0.25, -0.2) is 8.42 Å². The molecule has 1 aliphatic carbocycles. The molecule has 3 rings (SSSR count). The molecule has 1 aliphatic heterocycles. The molecule has 8 heteroatoms. The van der Waals surface area contributed by atoms with E-state index in [0.717, 1.165) is 38.8 Å². The Hall–Kier alpha value is -1.15. The minimum atomic E-state index is -3.51. The number of benzene rings is 1. The summed E-state index contributed by atoms with van der Waals surface area (Å²) in [6.07, 6.45) is 5.20. The van der Waals surface area contributed by atoms with Crippen LogP contribution >= 0.6 is 12.4 Å². The zero-order valence-corrected chi connectivity index (χ0v) is 16.7. The Morgan fingerprint density at radius 2 is 1.77 bits per heavy atom. The normalized spacial score (nSPS) is 18.8. The predicted octanol–water partition coefficient (Wildman–Crippen LogP) is 2.01. The smallest absolute Gasteiger partial charge is 0.251 e. The van der Waals surface area contributed by atoms with Crippen LogP contribution in [0.1, 0.15) is 42.5 Å². The van der Waals surface area contributed by atoms with Gasteiger partial charge in [-0.1, -0.05) is 19.3 Å². The van der Waals surface area contributed by atoms with Gasteiger partial charge >= 0.3 is 0 Å². The lowest BCUT2D eigenvalue weighted by atomic mass is 9.96. The SMILES string of the molecule is CN(C1CCCCC1)S(=O)(=O)c1ccc(C(=O)NCC2CNC2)cc1.Cl. The number of sulfonamides is 1. The van der Waals surface area contributed by atoms with Crippen LogP contribution in [0.15, 0.2) is 29.2 Å². The standard InChI is InChI=1S/C18H27N3O3S.ClH/c1-21(16-5-3-2-4-6-16)25(23,24)17-9-7-15(8-10-17)18(22)20-13-14-11-19-12-14;/h7-10,14,16,19H,2-6,11-13H2,1H3,(H,20,22);1H. The van der Waals surface area contributed by atoms with Gasteiger partial charge in [-0.05, 0) is 37.1 Å². The van der Waals surface area contributed by atoms with E-state index < -0.39 is 10.0 Å². The largest absolute Gasteiger partial charge is 0.352 e. The summed E-state index contributed by atoms with van der Waals surface area (Å²) >= 11 is 0. The summed E-state index contributed by atoms with van der Waals surface area (Å²) in [5.74, 6) is 0.337. The third-order valence-corrected chi connectivity index (χ3v) is 7.22. The van der Waals surface area contributed by atoms with E-state index in [4.69, 9.17) is 0 Å². The van der Waals surface area contributed by atoms with Crippen LogP contribution in [0.25, 0.3) is 0 Å². The van der Waals surface area contributed by atoms with E-state index in [1.807, 2.05) is 0 Å². The summed E-state index contributed by atoms with van der Waals surface area (Å²) in [4.78, 5) is 12.4. The molecule has 1 aromatic carbocycles. The first-order valence-electron chi connectivity index (χ1n) is 9.05. The van der Waals surface area contributed by atoms with E-state index in [1.54, 1.807) is 19.2 Å². The van der Waals surface area contributed by atoms with Crippen molar-refractivity contribution in [3.8, 4) is 0 Å². The van der Waals surface area contributed by atoms with Crippen LogP contribution in [0.2, 0.25) is 0 Å². The van der Waals surface area contributed by atoms with Gasteiger partial charge in [-0.15, -0.1) is 12.4 Å². The molecule has 1 aromatic rings. The number of carbonyl (C=O) groups excluding carboxylic acids is 1. The zero-order valence-electron chi connectivity index (χ0n) is 15.1. The molecule has 146 valence electrons. The second kappa shape index (κ2) is 9.17. The first kappa shape index (κ1) is 21.2. The number of carbonyl (C=O) groups is 1. The maximum Gasteiger partial charge on any atom is 0.251 e. The molecule has 1 saturated heterocycles. The number of amides is 1. The first-order valence-corrected chi connectivity index (χ1v) is 10.5. The molecule has 1 amide bonds. The fraction of sp³-hybridized carbons (Fsp3) is 0.611. The van der Waals surface area contributed by atoms with Crippen LogP contribution in [-0.2, 0) is 10.0 Å². The molecule has 1 saturated carbocycles. The third kappa shape index (κ3) is 4.76. The molecule has 0 spiro atoms. The first-order chi connectivity index (χ1) is 12.0. The van der Waals surface area contributed by atoms with Crippen molar-refractivity contribution in [3.63, 3.8) is 0 Å². The fourth-order valence-electron chi connectivity index (χ4n) is 3.42. The highest BCUT2D eigenvalue weighted by Gasteiger charge is 2.29. The summed E-state index contributed by atoms with van der Waals surface area (Å²) in [6.45, 7) is 2.52. The molecule has 2 aliphatic rings. The van der Waals surface area contributed by atoms with Crippen LogP contribution in [0.4, 0.5) is 0 Å². The molecule has 0 unspecified atom stereocenters. The molecule has 6 nitrogen and oxygen atoms in total. The van der Waals surface area contributed by atoms with Gasteiger partial charge in [-0.2, -0.15) is 4.31 Å². The average Bonchev–Trinajstić information content (AvgIpc) is 2.60. The van der Waals surface area contributed by atoms with Crippen molar-refractivity contribution in [1.82, 2.24) is 14.9 Å². The van der Waals surface area contributed by atoms with Crippen molar-refractivity contribution in [2.75, 3.05) is 26.7 Å². The summed E-state index contributed by atoms with van der Waals surface area (Å²) in [7, 11) is -1.84. The highest BCUT2D eigenvalue weighted by atomic mass is 35.5. The average molecular weight is 402 g/mol. The zero-order chi connectivity index (χ0) is 17.9. The van der Waals surface area contributed by atoms with Crippen LogP contribution in [0.3, 0.4) is 0 Å². The Kier molecular flexibility index (Phi) is 7.46. The lowest BCUT2D eigenvalue weighted by Crippen LogP contribution is -2.48. The van der Waals surface area contributed by atoms with E-state index in [0.29, 0.717) is 18.0 Å². The Labute approximate surface area is 162 Å². The Morgan fingerprint density at radius 3 is 2.31 bits per heavy atom. The topological polar surface area (TPSA) is 78.5 Å². The van der Waals surface area contributed by atoms with E-state index in [-0.39, 0.29) is 29.3 Å². The van der Waals surface area contributed by atoms with Gasteiger partial charge in [0.15, 0.2) is 0 Å². The quantitative estimate of drug-likeness (QED) is 0.764. The summed E-state index contributed by atoms with van der Waals surface area (Å²) in [5.41, 5.74) is 0.492. The molecule has 0 atom stereocenters. The number of rotatable bonds is 6. The number of nitrogens with zero attached hydrogens (tertiary/aromatic N) is 1. The van der Waals surface area contributed by atoms with Crippen LogP contribution in [0.5, 0.6) is 0 Å². The Bertz CT molecular complexity index is 699. The second-order valence-corrected chi connectivity index (χ2v) is 9.07. The van der Waals surface area contributed by atoms with E-state index in [2.05, 4.69) is 10.6 Å². The van der Waals surface area contributed by atoms with Crippen LogP contribution in [0, 0.1) is 5.92 Å². The minimum absolute atomic E-state index is 0. The Morgan fingerprint density at radius 1 is 1.15 bits per heavy atom. The van der Waals surface area contributed by atoms with Gasteiger partial charge < -0.3 is 10.6 Å². The molecule has 0 bridgehead atoms. The number of hydrogen-bond acceptors (Lipinski definition) is 4. The van der Waals surface area contributed by atoms with Crippen LogP contribution in [-0.4, -0.2) is 51.4 Å². The lowest BCUT2D eigenvalue weighted by molar-refractivity contribution is 0.0942. The van der Waals surface area contributed by atoms with Crippen LogP contribution < -0.4 is 10.6 Å². The summed E-state index contributed by atoms with van der Waals surface area (Å²) in [6, 6.07) is 6.34. The molecule has 0 radical (unpaired) electrons. The maximum atomic E-state index is 12.8. The van der Waals surface area contributed by atoms with Gasteiger partial charge in [0.2, 0.25) is 10.0 Å². The minimum Gasteiger partial charge on any atom is -0.352 e. The van der Waals surface area contributed by atoms with E-state index in [1.165, 1.54) is 22.9 Å². The van der Waals surface area contributed by atoms with Gasteiger partial charge in [-0.3, -0.25) is 4.79 Å².